The zero-order chi connectivity index (χ0) is 15.2. The normalized spacial score (nSPS) is 12.4. The molecule has 0 bridgehead atoms. The molecule has 21 heavy (non-hydrogen) atoms. The zero-order valence-electron chi connectivity index (χ0n) is 13.0. The second-order valence-electron chi connectivity index (χ2n) is 5.43. The van der Waals surface area contributed by atoms with Crippen LogP contribution in [0.15, 0.2) is 24.5 Å². The molecule has 5 nitrogen and oxygen atoms in total. The van der Waals surface area contributed by atoms with Crippen molar-refractivity contribution in [1.82, 2.24) is 14.8 Å². The van der Waals surface area contributed by atoms with Crippen molar-refractivity contribution < 1.29 is 4.74 Å². The standard InChI is InChI=1S/C16H24N4O/c1-4-8-20-15(18-11-19-20)10-21-16-12(2)6-5-7-14(16)9-13(3)17/h5-7,11,13H,4,8-10,17H2,1-3H3. The van der Waals surface area contributed by atoms with Crippen molar-refractivity contribution in [3.05, 3.63) is 41.5 Å². The summed E-state index contributed by atoms with van der Waals surface area (Å²) in [6, 6.07) is 6.27. The van der Waals surface area contributed by atoms with Gasteiger partial charge < -0.3 is 10.5 Å². The van der Waals surface area contributed by atoms with Crippen LogP contribution in [-0.4, -0.2) is 20.8 Å². The molecule has 1 heterocycles. The van der Waals surface area contributed by atoms with Crippen molar-refractivity contribution in [1.29, 1.82) is 0 Å². The molecule has 2 N–H and O–H groups in total. The van der Waals surface area contributed by atoms with Crippen molar-refractivity contribution >= 4 is 0 Å². The van der Waals surface area contributed by atoms with Gasteiger partial charge in [0.15, 0.2) is 5.82 Å². The fourth-order valence-electron chi connectivity index (χ4n) is 2.36. The number of aromatic nitrogens is 3. The Morgan fingerprint density at radius 1 is 1.38 bits per heavy atom. The summed E-state index contributed by atoms with van der Waals surface area (Å²) in [6.07, 6.45) is 3.41. The fourth-order valence-corrected chi connectivity index (χ4v) is 2.36. The minimum Gasteiger partial charge on any atom is -0.485 e. The van der Waals surface area contributed by atoms with Gasteiger partial charge in [0.25, 0.3) is 0 Å². The first-order valence-corrected chi connectivity index (χ1v) is 7.45. The Balaban J connectivity index is 2.13. The van der Waals surface area contributed by atoms with Crippen LogP contribution in [0.5, 0.6) is 5.75 Å². The summed E-state index contributed by atoms with van der Waals surface area (Å²) in [5, 5.41) is 4.22. The van der Waals surface area contributed by atoms with E-state index in [0.717, 1.165) is 42.1 Å². The molecule has 1 aromatic heterocycles. The van der Waals surface area contributed by atoms with Gasteiger partial charge in [0.1, 0.15) is 18.7 Å². The molecule has 5 heteroatoms. The fraction of sp³-hybridized carbons (Fsp3) is 0.500. The number of benzene rings is 1. The van der Waals surface area contributed by atoms with Gasteiger partial charge in [-0.25, -0.2) is 9.67 Å². The molecule has 0 saturated heterocycles. The van der Waals surface area contributed by atoms with Crippen LogP contribution in [0.1, 0.15) is 37.2 Å². The molecule has 0 radical (unpaired) electrons. The van der Waals surface area contributed by atoms with E-state index in [2.05, 4.69) is 36.1 Å². The van der Waals surface area contributed by atoms with E-state index in [1.54, 1.807) is 6.33 Å². The van der Waals surface area contributed by atoms with Crippen LogP contribution in [0.4, 0.5) is 0 Å². The highest BCUT2D eigenvalue weighted by Gasteiger charge is 2.11. The predicted octanol–water partition coefficient (Wildman–Crippen LogP) is 2.47. The van der Waals surface area contributed by atoms with E-state index >= 15 is 0 Å². The average Bonchev–Trinajstić information content (AvgIpc) is 2.85. The van der Waals surface area contributed by atoms with Crippen LogP contribution in [0.3, 0.4) is 0 Å². The molecule has 0 aliphatic carbocycles. The SMILES string of the molecule is CCCn1ncnc1COc1c(C)cccc1CC(C)N. The molecular weight excluding hydrogens is 264 g/mol. The third kappa shape index (κ3) is 4.04. The van der Waals surface area contributed by atoms with Gasteiger partial charge in [-0.15, -0.1) is 0 Å². The maximum atomic E-state index is 6.02. The van der Waals surface area contributed by atoms with Crippen LogP contribution in [0.25, 0.3) is 0 Å². The third-order valence-corrected chi connectivity index (χ3v) is 3.31. The number of hydrogen-bond donors (Lipinski definition) is 1. The second-order valence-corrected chi connectivity index (χ2v) is 5.43. The van der Waals surface area contributed by atoms with Crippen LogP contribution in [0, 0.1) is 6.92 Å². The Labute approximate surface area is 126 Å². The highest BCUT2D eigenvalue weighted by atomic mass is 16.5. The molecular formula is C16H24N4O. The van der Waals surface area contributed by atoms with Crippen LogP contribution >= 0.6 is 0 Å². The Kier molecular flexibility index (Phi) is 5.33. The molecule has 0 aliphatic rings. The Bertz CT molecular complexity index is 577. The summed E-state index contributed by atoms with van der Waals surface area (Å²) < 4.78 is 7.91. The van der Waals surface area contributed by atoms with Gasteiger partial charge >= 0.3 is 0 Å². The topological polar surface area (TPSA) is 66.0 Å². The number of aryl methyl sites for hydroxylation is 2. The summed E-state index contributed by atoms with van der Waals surface area (Å²) in [5.74, 6) is 1.77. The lowest BCUT2D eigenvalue weighted by molar-refractivity contribution is 0.281. The van der Waals surface area contributed by atoms with Crippen molar-refractivity contribution in [2.24, 2.45) is 5.73 Å². The summed E-state index contributed by atoms with van der Waals surface area (Å²) >= 11 is 0. The van der Waals surface area contributed by atoms with E-state index in [-0.39, 0.29) is 6.04 Å². The monoisotopic (exact) mass is 288 g/mol. The van der Waals surface area contributed by atoms with Gasteiger partial charge in [-0.1, -0.05) is 25.1 Å². The summed E-state index contributed by atoms with van der Waals surface area (Å²) in [5.41, 5.74) is 8.18. The quantitative estimate of drug-likeness (QED) is 0.850. The molecule has 1 atom stereocenters. The van der Waals surface area contributed by atoms with E-state index in [0.29, 0.717) is 6.61 Å². The number of rotatable bonds is 7. The van der Waals surface area contributed by atoms with Gasteiger partial charge in [0.2, 0.25) is 0 Å². The van der Waals surface area contributed by atoms with E-state index in [4.69, 9.17) is 10.5 Å². The highest BCUT2D eigenvalue weighted by Crippen LogP contribution is 2.25. The molecule has 114 valence electrons. The Morgan fingerprint density at radius 3 is 2.90 bits per heavy atom. The number of hydrogen-bond acceptors (Lipinski definition) is 4. The van der Waals surface area contributed by atoms with Crippen LogP contribution in [-0.2, 0) is 19.6 Å². The molecule has 1 unspecified atom stereocenters. The highest BCUT2D eigenvalue weighted by molar-refractivity contribution is 5.41. The van der Waals surface area contributed by atoms with Crippen LogP contribution < -0.4 is 10.5 Å². The van der Waals surface area contributed by atoms with Crippen molar-refractivity contribution in [3.63, 3.8) is 0 Å². The lowest BCUT2D eigenvalue weighted by Crippen LogP contribution is -2.18. The molecule has 2 rings (SSSR count). The van der Waals surface area contributed by atoms with Gasteiger partial charge in [0.05, 0.1) is 0 Å². The molecule has 2 aromatic rings. The van der Waals surface area contributed by atoms with E-state index in [1.165, 1.54) is 0 Å². The zero-order valence-corrected chi connectivity index (χ0v) is 13.0. The molecule has 0 fully saturated rings. The van der Waals surface area contributed by atoms with Crippen molar-refractivity contribution in [2.45, 2.75) is 52.8 Å². The first-order valence-electron chi connectivity index (χ1n) is 7.45. The third-order valence-electron chi connectivity index (χ3n) is 3.31. The molecule has 1 aromatic carbocycles. The molecule has 0 saturated carbocycles. The lowest BCUT2D eigenvalue weighted by Gasteiger charge is -2.15. The lowest BCUT2D eigenvalue weighted by atomic mass is 10.0. The number of nitrogens with two attached hydrogens (primary N) is 1. The molecule has 0 aliphatic heterocycles. The van der Waals surface area contributed by atoms with Crippen molar-refractivity contribution in [2.75, 3.05) is 0 Å². The van der Waals surface area contributed by atoms with Gasteiger partial charge in [-0.05, 0) is 37.8 Å². The maximum absolute atomic E-state index is 6.02. The molecule has 0 spiro atoms. The summed E-state index contributed by atoms with van der Waals surface area (Å²) in [6.45, 7) is 7.46. The number of nitrogens with zero attached hydrogens (tertiary/aromatic N) is 3. The van der Waals surface area contributed by atoms with Gasteiger partial charge in [-0.3, -0.25) is 0 Å². The smallest absolute Gasteiger partial charge is 0.164 e. The van der Waals surface area contributed by atoms with Crippen molar-refractivity contribution in [3.8, 4) is 5.75 Å². The largest absolute Gasteiger partial charge is 0.485 e. The Morgan fingerprint density at radius 2 is 2.19 bits per heavy atom. The minimum atomic E-state index is 0.109. The first-order chi connectivity index (χ1) is 10.1. The van der Waals surface area contributed by atoms with Crippen LogP contribution in [0.2, 0.25) is 0 Å². The predicted molar refractivity (Wildman–Crippen MR) is 83.2 cm³/mol. The Hall–Kier alpha value is -1.88. The average molecular weight is 288 g/mol. The first kappa shape index (κ1) is 15.5. The molecule has 0 amide bonds. The van der Waals surface area contributed by atoms with E-state index in [1.807, 2.05) is 17.7 Å². The maximum Gasteiger partial charge on any atom is 0.164 e. The van der Waals surface area contributed by atoms with E-state index < -0.39 is 0 Å². The minimum absolute atomic E-state index is 0.109. The summed E-state index contributed by atoms with van der Waals surface area (Å²) in [7, 11) is 0. The van der Waals surface area contributed by atoms with Gasteiger partial charge in [0, 0.05) is 12.6 Å². The summed E-state index contributed by atoms with van der Waals surface area (Å²) in [4.78, 5) is 4.27. The number of para-hydroxylation sites is 1. The van der Waals surface area contributed by atoms with Gasteiger partial charge in [-0.2, -0.15) is 5.10 Å². The van der Waals surface area contributed by atoms with E-state index in [9.17, 15) is 0 Å². The second kappa shape index (κ2) is 7.22. The number of ether oxygens (including phenoxy) is 1.